The Balaban J connectivity index is 1.54. The smallest absolute Gasteiger partial charge is 0.270 e. The minimum Gasteiger partial charge on any atom is -0.394 e. The van der Waals surface area contributed by atoms with Gasteiger partial charge in [-0.2, -0.15) is 5.10 Å². The summed E-state index contributed by atoms with van der Waals surface area (Å²) in [5.41, 5.74) is 0.761. The molecule has 2 unspecified atom stereocenters. The van der Waals surface area contributed by atoms with Crippen molar-refractivity contribution in [3.8, 4) is 0 Å². The summed E-state index contributed by atoms with van der Waals surface area (Å²) in [6.45, 7) is 9.26. The molecule has 4 rings (SSSR count). The number of amides is 4. The van der Waals surface area contributed by atoms with Crippen molar-refractivity contribution in [1.82, 2.24) is 30.2 Å². The summed E-state index contributed by atoms with van der Waals surface area (Å²) in [5, 5.41) is 22.5. The second kappa shape index (κ2) is 16.3. The number of aromatic nitrogens is 2. The van der Waals surface area contributed by atoms with E-state index in [4.69, 9.17) is 0 Å². The normalized spacial score (nSPS) is 22.2. The number of hydrogen-bond donors (Lipinski definition) is 4. The molecule has 1 saturated heterocycles. The van der Waals surface area contributed by atoms with E-state index < -0.39 is 41.7 Å². The van der Waals surface area contributed by atoms with E-state index in [0.717, 1.165) is 25.7 Å². The van der Waals surface area contributed by atoms with Crippen molar-refractivity contribution in [1.29, 1.82) is 0 Å². The molecular weight excluding hydrogens is 605 g/mol. The molecule has 258 valence electrons. The van der Waals surface area contributed by atoms with Gasteiger partial charge in [0.1, 0.15) is 23.6 Å². The van der Waals surface area contributed by atoms with Crippen molar-refractivity contribution >= 4 is 29.3 Å². The topological polar surface area (TPSA) is 149 Å². The molecular formula is C34H50FN7O5. The van der Waals surface area contributed by atoms with Gasteiger partial charge in [-0.3, -0.25) is 23.9 Å². The van der Waals surface area contributed by atoms with Gasteiger partial charge in [-0.15, -0.1) is 0 Å². The molecule has 1 aliphatic carbocycles. The monoisotopic (exact) mass is 655 g/mol. The third-order valence-electron chi connectivity index (χ3n) is 9.71. The molecule has 4 N–H and O–H groups in total. The molecule has 0 radical (unpaired) electrons. The molecule has 4 atom stereocenters. The number of carbonyl (C=O) groups is 4. The third kappa shape index (κ3) is 8.75. The molecule has 12 nitrogen and oxygen atoms in total. The first kappa shape index (κ1) is 36.0. The number of anilines is 1. The first-order valence-corrected chi connectivity index (χ1v) is 16.8. The van der Waals surface area contributed by atoms with Gasteiger partial charge in [0.2, 0.25) is 17.7 Å². The van der Waals surface area contributed by atoms with E-state index in [1.54, 1.807) is 35.6 Å². The number of aliphatic hydroxyl groups is 1. The van der Waals surface area contributed by atoms with E-state index >= 15 is 4.39 Å². The van der Waals surface area contributed by atoms with Gasteiger partial charge in [0.25, 0.3) is 5.91 Å². The van der Waals surface area contributed by atoms with E-state index in [2.05, 4.69) is 28.0 Å². The number of benzene rings is 1. The Hall–Kier alpha value is -3.84. The van der Waals surface area contributed by atoms with Crippen LogP contribution in [0.15, 0.2) is 30.5 Å². The summed E-state index contributed by atoms with van der Waals surface area (Å²) in [6, 6.07) is 3.67. The van der Waals surface area contributed by atoms with E-state index in [-0.39, 0.29) is 36.4 Å². The highest BCUT2D eigenvalue weighted by molar-refractivity contribution is 6.00. The SMILES string of the molecule is CCC(=O)N[C@@H](C(=O)N1CCN(C)CC1CO)C(C)c1ccc(NC(=O)[C@@H](NC(=O)c2ccnn2CC)C2CCC(C)CC2)c(F)c1. The van der Waals surface area contributed by atoms with Gasteiger partial charge in [-0.1, -0.05) is 39.7 Å². The fourth-order valence-electron chi connectivity index (χ4n) is 6.64. The Morgan fingerprint density at radius 1 is 1.06 bits per heavy atom. The number of likely N-dealkylation sites (N-methyl/N-ethyl adjacent to an activating group) is 1. The fraction of sp³-hybridized carbons (Fsp3) is 0.618. The van der Waals surface area contributed by atoms with Crippen LogP contribution in [0.4, 0.5) is 10.1 Å². The zero-order valence-corrected chi connectivity index (χ0v) is 28.2. The van der Waals surface area contributed by atoms with Crippen molar-refractivity contribution < 1.29 is 28.7 Å². The molecule has 2 aliphatic rings. The minimum atomic E-state index is -0.982. The zero-order valence-electron chi connectivity index (χ0n) is 28.2. The lowest BCUT2D eigenvalue weighted by Crippen LogP contribution is -2.60. The lowest BCUT2D eigenvalue weighted by atomic mass is 9.79. The summed E-state index contributed by atoms with van der Waals surface area (Å²) in [4.78, 5) is 56.8. The standard InChI is InChI=1S/C34H50FN7O5/c1-6-29(44)38-30(34(47)41-17-16-40(5)19-25(41)20-43)22(4)24-12-13-27(26(35)18-24)37-33(46)31(23-10-8-21(3)9-11-23)39-32(45)28-14-15-36-42(28)7-2/h12-15,18,21-23,25,30-31,43H,6-11,16-17,19-20H2,1-5H3,(H,37,46)(H,38,44)(H,39,45)/t21?,22?,23?,25?,30-,31+/m1/s1. The zero-order chi connectivity index (χ0) is 34.2. The number of aryl methyl sites for hydroxylation is 1. The molecule has 4 amide bonds. The summed E-state index contributed by atoms with van der Waals surface area (Å²) in [6.07, 6.45) is 5.08. The van der Waals surface area contributed by atoms with E-state index in [0.29, 0.717) is 43.4 Å². The van der Waals surface area contributed by atoms with Gasteiger partial charge < -0.3 is 30.9 Å². The number of halogens is 1. The molecule has 1 aromatic heterocycles. The largest absolute Gasteiger partial charge is 0.394 e. The third-order valence-corrected chi connectivity index (χ3v) is 9.71. The van der Waals surface area contributed by atoms with Gasteiger partial charge in [0.05, 0.1) is 18.3 Å². The maximum absolute atomic E-state index is 15.7. The Morgan fingerprint density at radius 3 is 2.43 bits per heavy atom. The molecule has 0 spiro atoms. The highest BCUT2D eigenvalue weighted by Crippen LogP contribution is 2.32. The van der Waals surface area contributed by atoms with Crippen molar-refractivity contribution in [2.45, 2.75) is 90.4 Å². The Bertz CT molecular complexity index is 1410. The van der Waals surface area contributed by atoms with Crippen LogP contribution in [0.1, 0.15) is 81.8 Å². The summed E-state index contributed by atoms with van der Waals surface area (Å²) in [7, 11) is 1.92. The molecule has 2 fully saturated rings. The number of aliphatic hydroxyl groups excluding tert-OH is 1. The first-order chi connectivity index (χ1) is 22.5. The number of nitrogens with zero attached hydrogens (tertiary/aromatic N) is 4. The molecule has 0 bridgehead atoms. The van der Waals surface area contributed by atoms with Crippen LogP contribution in [0.3, 0.4) is 0 Å². The highest BCUT2D eigenvalue weighted by Gasteiger charge is 2.37. The van der Waals surface area contributed by atoms with Crippen LogP contribution < -0.4 is 16.0 Å². The molecule has 13 heteroatoms. The van der Waals surface area contributed by atoms with Crippen molar-refractivity contribution in [2.24, 2.45) is 11.8 Å². The maximum Gasteiger partial charge on any atom is 0.270 e. The van der Waals surface area contributed by atoms with Crippen LogP contribution in [-0.2, 0) is 20.9 Å². The second-order valence-corrected chi connectivity index (χ2v) is 13.0. The number of hydrogen-bond acceptors (Lipinski definition) is 7. The van der Waals surface area contributed by atoms with Crippen LogP contribution in [0, 0.1) is 17.7 Å². The van der Waals surface area contributed by atoms with Crippen LogP contribution in [0.25, 0.3) is 0 Å². The number of piperazine rings is 1. The summed E-state index contributed by atoms with van der Waals surface area (Å²) < 4.78 is 17.2. The number of nitrogens with one attached hydrogen (secondary N) is 3. The summed E-state index contributed by atoms with van der Waals surface area (Å²) in [5.74, 6) is -2.47. The second-order valence-electron chi connectivity index (χ2n) is 13.0. The van der Waals surface area contributed by atoms with Crippen LogP contribution >= 0.6 is 0 Å². The van der Waals surface area contributed by atoms with E-state index in [1.165, 1.54) is 18.3 Å². The molecule has 2 heterocycles. The van der Waals surface area contributed by atoms with E-state index in [1.807, 2.05) is 18.9 Å². The quantitative estimate of drug-likeness (QED) is 0.275. The van der Waals surface area contributed by atoms with Gasteiger partial charge >= 0.3 is 0 Å². The average Bonchev–Trinajstić information content (AvgIpc) is 3.56. The predicted octanol–water partition coefficient (Wildman–Crippen LogP) is 2.74. The Kier molecular flexibility index (Phi) is 12.5. The van der Waals surface area contributed by atoms with Crippen molar-refractivity contribution in [2.75, 3.05) is 38.6 Å². The lowest BCUT2D eigenvalue weighted by molar-refractivity contribution is -0.142. The van der Waals surface area contributed by atoms with Crippen LogP contribution in [-0.4, -0.2) is 99.7 Å². The maximum atomic E-state index is 15.7. The first-order valence-electron chi connectivity index (χ1n) is 16.8. The average molecular weight is 656 g/mol. The molecule has 47 heavy (non-hydrogen) atoms. The molecule has 2 aromatic rings. The molecule has 1 saturated carbocycles. The van der Waals surface area contributed by atoms with Crippen molar-refractivity contribution in [3.63, 3.8) is 0 Å². The van der Waals surface area contributed by atoms with Crippen LogP contribution in [0.5, 0.6) is 0 Å². The summed E-state index contributed by atoms with van der Waals surface area (Å²) >= 11 is 0. The number of rotatable bonds is 12. The highest BCUT2D eigenvalue weighted by atomic mass is 19.1. The van der Waals surface area contributed by atoms with E-state index in [9.17, 15) is 24.3 Å². The fourth-order valence-corrected chi connectivity index (χ4v) is 6.64. The minimum absolute atomic E-state index is 0.0483. The molecule has 1 aliphatic heterocycles. The lowest BCUT2D eigenvalue weighted by Gasteiger charge is -2.41. The Labute approximate surface area is 276 Å². The Morgan fingerprint density at radius 2 is 1.79 bits per heavy atom. The van der Waals surface area contributed by atoms with Crippen LogP contribution in [0.2, 0.25) is 0 Å². The van der Waals surface area contributed by atoms with Crippen molar-refractivity contribution in [3.05, 3.63) is 47.5 Å². The predicted molar refractivity (Wildman–Crippen MR) is 176 cm³/mol. The van der Waals surface area contributed by atoms with Gasteiger partial charge in [-0.05, 0) is 62.4 Å². The number of carbonyl (C=O) groups excluding carboxylic acids is 4. The van der Waals surface area contributed by atoms with Gasteiger partial charge in [0, 0.05) is 44.7 Å². The van der Waals surface area contributed by atoms with Gasteiger partial charge in [0.15, 0.2) is 0 Å². The van der Waals surface area contributed by atoms with Gasteiger partial charge in [-0.25, -0.2) is 4.39 Å². The molecule has 1 aromatic carbocycles.